The van der Waals surface area contributed by atoms with Gasteiger partial charge in [-0.1, -0.05) is 29.3 Å². The molecule has 0 saturated carbocycles. The minimum absolute atomic E-state index is 0.216. The van der Waals surface area contributed by atoms with E-state index in [0.29, 0.717) is 33.1 Å². The second-order valence-corrected chi connectivity index (χ2v) is 7.86. The molecular weight excluding hydrogens is 419 g/mol. The molecule has 1 heterocycles. The molecule has 1 unspecified atom stereocenters. The molecular formula is C20H18Cl2N2O3S. The molecule has 1 N–H and O–H groups in total. The fourth-order valence-corrected chi connectivity index (χ4v) is 4.13. The number of methoxy groups -OCH3 is 1. The summed E-state index contributed by atoms with van der Waals surface area (Å²) in [5.74, 6) is 1.27. The van der Waals surface area contributed by atoms with Crippen molar-refractivity contribution in [1.29, 1.82) is 0 Å². The van der Waals surface area contributed by atoms with Crippen LogP contribution in [0.25, 0.3) is 6.08 Å². The van der Waals surface area contributed by atoms with Crippen LogP contribution in [-0.2, 0) is 9.59 Å². The van der Waals surface area contributed by atoms with Crippen LogP contribution in [0.1, 0.15) is 5.56 Å². The van der Waals surface area contributed by atoms with Crippen LogP contribution in [0, 0.1) is 0 Å². The summed E-state index contributed by atoms with van der Waals surface area (Å²) in [4.78, 5) is 26.8. The average molecular weight is 437 g/mol. The minimum atomic E-state index is -0.530. The van der Waals surface area contributed by atoms with Crippen molar-refractivity contribution in [2.45, 2.75) is 6.04 Å². The maximum atomic E-state index is 12.6. The molecule has 146 valence electrons. The first-order valence-corrected chi connectivity index (χ1v) is 10.4. The van der Waals surface area contributed by atoms with Crippen LogP contribution in [0.3, 0.4) is 0 Å². The SMILES string of the molecule is COc1ccc(NC(=O)C2CSCN2C(=O)/C=C/c2ccc(Cl)c(Cl)c2)cc1. The van der Waals surface area contributed by atoms with Gasteiger partial charge in [0.1, 0.15) is 11.8 Å². The van der Waals surface area contributed by atoms with Crippen LogP contribution in [0.2, 0.25) is 10.0 Å². The third-order valence-corrected chi connectivity index (χ3v) is 5.94. The van der Waals surface area contributed by atoms with Crippen LogP contribution in [0.4, 0.5) is 5.69 Å². The predicted molar refractivity (Wildman–Crippen MR) is 115 cm³/mol. The molecule has 3 rings (SSSR count). The highest BCUT2D eigenvalue weighted by molar-refractivity contribution is 7.99. The van der Waals surface area contributed by atoms with Crippen molar-refractivity contribution in [3.8, 4) is 5.75 Å². The molecule has 1 saturated heterocycles. The van der Waals surface area contributed by atoms with Crippen LogP contribution in [0.5, 0.6) is 5.75 Å². The van der Waals surface area contributed by atoms with Gasteiger partial charge in [0, 0.05) is 17.5 Å². The second kappa shape index (κ2) is 9.37. The number of nitrogens with zero attached hydrogens (tertiary/aromatic N) is 1. The van der Waals surface area contributed by atoms with Crippen molar-refractivity contribution in [3.05, 3.63) is 64.1 Å². The molecule has 0 bridgehead atoms. The van der Waals surface area contributed by atoms with Crippen molar-refractivity contribution in [2.24, 2.45) is 0 Å². The van der Waals surface area contributed by atoms with Gasteiger partial charge in [-0.25, -0.2) is 0 Å². The summed E-state index contributed by atoms with van der Waals surface area (Å²) in [5.41, 5.74) is 1.41. The fourth-order valence-electron chi connectivity index (χ4n) is 2.66. The van der Waals surface area contributed by atoms with Gasteiger partial charge in [-0.05, 0) is 48.0 Å². The van der Waals surface area contributed by atoms with Gasteiger partial charge < -0.3 is 15.0 Å². The van der Waals surface area contributed by atoms with Gasteiger partial charge in [0.2, 0.25) is 11.8 Å². The average Bonchev–Trinajstić information content (AvgIpc) is 3.19. The number of rotatable bonds is 5. The number of hydrogen-bond acceptors (Lipinski definition) is 4. The Labute approximate surface area is 177 Å². The Hall–Kier alpha value is -2.15. The number of hydrogen-bond donors (Lipinski definition) is 1. The second-order valence-electron chi connectivity index (χ2n) is 6.05. The van der Waals surface area contributed by atoms with Gasteiger partial charge >= 0.3 is 0 Å². The summed E-state index contributed by atoms with van der Waals surface area (Å²) in [5, 5.41) is 3.73. The lowest BCUT2D eigenvalue weighted by atomic mass is 10.2. The first-order chi connectivity index (χ1) is 13.5. The van der Waals surface area contributed by atoms with E-state index in [0.717, 1.165) is 5.56 Å². The highest BCUT2D eigenvalue weighted by Gasteiger charge is 2.33. The van der Waals surface area contributed by atoms with E-state index < -0.39 is 6.04 Å². The number of carbonyl (C=O) groups is 2. The van der Waals surface area contributed by atoms with E-state index in [1.165, 1.54) is 6.08 Å². The largest absolute Gasteiger partial charge is 0.497 e. The number of nitrogens with one attached hydrogen (secondary N) is 1. The van der Waals surface area contributed by atoms with E-state index in [1.54, 1.807) is 72.3 Å². The Balaban J connectivity index is 1.65. The van der Waals surface area contributed by atoms with Crippen molar-refractivity contribution in [2.75, 3.05) is 24.1 Å². The summed E-state index contributed by atoms with van der Waals surface area (Å²) < 4.78 is 5.11. The number of benzene rings is 2. The van der Waals surface area contributed by atoms with Gasteiger partial charge in [-0.2, -0.15) is 0 Å². The summed E-state index contributed by atoms with van der Waals surface area (Å²) in [6.45, 7) is 0. The predicted octanol–water partition coefficient (Wildman–Crippen LogP) is 4.56. The highest BCUT2D eigenvalue weighted by atomic mass is 35.5. The Kier molecular flexibility index (Phi) is 6.88. The van der Waals surface area contributed by atoms with Crippen molar-refractivity contribution in [1.82, 2.24) is 4.90 Å². The molecule has 28 heavy (non-hydrogen) atoms. The number of halogens is 2. The molecule has 1 aliphatic rings. The molecule has 5 nitrogen and oxygen atoms in total. The molecule has 0 radical (unpaired) electrons. The maximum absolute atomic E-state index is 12.6. The molecule has 2 aromatic rings. The zero-order chi connectivity index (χ0) is 20.1. The third kappa shape index (κ3) is 5.01. The Morgan fingerprint density at radius 2 is 1.93 bits per heavy atom. The lowest BCUT2D eigenvalue weighted by Crippen LogP contribution is -2.43. The van der Waals surface area contributed by atoms with Crippen molar-refractivity contribution in [3.63, 3.8) is 0 Å². The van der Waals surface area contributed by atoms with E-state index >= 15 is 0 Å². The maximum Gasteiger partial charge on any atom is 0.248 e. The minimum Gasteiger partial charge on any atom is -0.497 e. The number of anilines is 1. The van der Waals surface area contributed by atoms with E-state index in [2.05, 4.69) is 5.32 Å². The van der Waals surface area contributed by atoms with Crippen LogP contribution >= 0.6 is 35.0 Å². The summed E-state index contributed by atoms with van der Waals surface area (Å²) in [7, 11) is 1.58. The molecule has 0 spiro atoms. The van der Waals surface area contributed by atoms with Gasteiger partial charge in [0.25, 0.3) is 0 Å². The van der Waals surface area contributed by atoms with E-state index in [9.17, 15) is 9.59 Å². The monoisotopic (exact) mass is 436 g/mol. The van der Waals surface area contributed by atoms with Crippen molar-refractivity contribution < 1.29 is 14.3 Å². The summed E-state index contributed by atoms with van der Waals surface area (Å²) in [6.07, 6.45) is 3.10. The smallest absolute Gasteiger partial charge is 0.248 e. The highest BCUT2D eigenvalue weighted by Crippen LogP contribution is 2.25. The molecule has 2 amide bonds. The Morgan fingerprint density at radius 3 is 2.61 bits per heavy atom. The first-order valence-electron chi connectivity index (χ1n) is 8.44. The Morgan fingerprint density at radius 1 is 1.18 bits per heavy atom. The Bertz CT molecular complexity index is 903. The normalized spacial score (nSPS) is 16.4. The molecule has 8 heteroatoms. The number of ether oxygens (including phenoxy) is 1. The standard InChI is InChI=1S/C20H18Cl2N2O3S/c1-27-15-6-4-14(5-7-15)23-20(26)18-11-28-12-24(18)19(25)9-3-13-2-8-16(21)17(22)10-13/h2-10,18H,11-12H2,1H3,(H,23,26)/b9-3+. The van der Waals surface area contributed by atoms with Gasteiger partial charge in [0.15, 0.2) is 0 Å². The van der Waals surface area contributed by atoms with E-state index in [4.69, 9.17) is 27.9 Å². The zero-order valence-corrected chi connectivity index (χ0v) is 17.4. The molecule has 1 fully saturated rings. The van der Waals surface area contributed by atoms with Crippen LogP contribution in [-0.4, -0.2) is 41.5 Å². The number of thioether (sulfide) groups is 1. The topological polar surface area (TPSA) is 58.6 Å². The third-order valence-electron chi connectivity index (χ3n) is 4.19. The quantitative estimate of drug-likeness (QED) is 0.698. The van der Waals surface area contributed by atoms with Gasteiger partial charge in [-0.3, -0.25) is 9.59 Å². The van der Waals surface area contributed by atoms with E-state index in [-0.39, 0.29) is 11.8 Å². The molecule has 2 aromatic carbocycles. The van der Waals surface area contributed by atoms with Gasteiger partial charge in [0.05, 0.1) is 23.0 Å². The lowest BCUT2D eigenvalue weighted by Gasteiger charge is -2.21. The number of amides is 2. The fraction of sp³-hybridized carbons (Fsp3) is 0.200. The van der Waals surface area contributed by atoms with Crippen LogP contribution in [0.15, 0.2) is 48.5 Å². The molecule has 1 atom stereocenters. The summed E-state index contributed by atoms with van der Waals surface area (Å²) >= 11 is 13.4. The molecule has 1 aliphatic heterocycles. The number of carbonyl (C=O) groups excluding carboxylic acids is 2. The zero-order valence-electron chi connectivity index (χ0n) is 15.0. The molecule has 0 aliphatic carbocycles. The van der Waals surface area contributed by atoms with Gasteiger partial charge in [-0.15, -0.1) is 11.8 Å². The molecule has 0 aromatic heterocycles. The van der Waals surface area contributed by atoms with Crippen LogP contribution < -0.4 is 10.1 Å². The van der Waals surface area contributed by atoms with E-state index in [1.807, 2.05) is 0 Å². The lowest BCUT2D eigenvalue weighted by molar-refractivity contribution is -0.132. The first kappa shape index (κ1) is 20.6. The summed E-state index contributed by atoms with van der Waals surface area (Å²) in [6, 6.07) is 11.6. The van der Waals surface area contributed by atoms with Crippen molar-refractivity contribution >= 4 is 58.5 Å².